The Morgan fingerprint density at radius 2 is 1.94 bits per heavy atom. The van der Waals surface area contributed by atoms with Gasteiger partial charge in [-0.15, -0.1) is 0 Å². The summed E-state index contributed by atoms with van der Waals surface area (Å²) in [7, 11) is 0. The number of ketones is 1. The quantitative estimate of drug-likeness (QED) is 0.649. The molecular formula is C28H29N3O4. The number of nitrogens with one attached hydrogen (secondary N) is 1. The lowest BCUT2D eigenvalue weighted by Gasteiger charge is -2.37. The van der Waals surface area contributed by atoms with Crippen LogP contribution in [0.3, 0.4) is 0 Å². The molecular weight excluding hydrogens is 442 g/mol. The van der Waals surface area contributed by atoms with Crippen LogP contribution in [0.4, 0.5) is 5.69 Å². The Bertz CT molecular complexity index is 1310. The van der Waals surface area contributed by atoms with Crippen LogP contribution in [0, 0.1) is 30.6 Å². The number of anilines is 1. The first-order valence-electron chi connectivity index (χ1n) is 11.5. The van der Waals surface area contributed by atoms with E-state index in [-0.39, 0.29) is 35.2 Å². The van der Waals surface area contributed by atoms with Crippen LogP contribution in [-0.4, -0.2) is 18.3 Å². The highest BCUT2D eigenvalue weighted by Crippen LogP contribution is 2.49. The van der Waals surface area contributed by atoms with Crippen molar-refractivity contribution in [1.29, 1.82) is 5.26 Å². The molecule has 0 radical (unpaired) electrons. The van der Waals surface area contributed by atoms with Gasteiger partial charge >= 0.3 is 0 Å². The third-order valence-corrected chi connectivity index (χ3v) is 6.45. The molecule has 3 N–H and O–H groups in total. The molecule has 0 fully saturated rings. The third kappa shape index (κ3) is 4.92. The van der Waals surface area contributed by atoms with Crippen molar-refractivity contribution >= 4 is 17.4 Å². The molecule has 1 heterocycles. The van der Waals surface area contributed by atoms with Crippen LogP contribution in [0.5, 0.6) is 5.75 Å². The molecule has 7 heteroatoms. The van der Waals surface area contributed by atoms with Gasteiger partial charge in [0, 0.05) is 29.7 Å². The molecule has 180 valence electrons. The number of benzene rings is 2. The molecule has 2 aromatic carbocycles. The normalized spacial score (nSPS) is 18.9. The zero-order chi connectivity index (χ0) is 25.3. The number of nitriles is 1. The van der Waals surface area contributed by atoms with Gasteiger partial charge in [0.25, 0.3) is 5.91 Å². The van der Waals surface area contributed by atoms with E-state index in [4.69, 9.17) is 15.2 Å². The summed E-state index contributed by atoms with van der Waals surface area (Å²) in [6, 6.07) is 14.9. The Morgan fingerprint density at radius 3 is 2.66 bits per heavy atom. The fourth-order valence-corrected chi connectivity index (χ4v) is 4.61. The van der Waals surface area contributed by atoms with Gasteiger partial charge in [0.2, 0.25) is 5.88 Å². The molecule has 0 spiro atoms. The monoisotopic (exact) mass is 471 g/mol. The highest BCUT2D eigenvalue weighted by Gasteiger charge is 2.43. The Balaban J connectivity index is 1.62. The second-order valence-electron chi connectivity index (χ2n) is 9.88. The summed E-state index contributed by atoms with van der Waals surface area (Å²) >= 11 is 0. The number of allylic oxidation sites excluding steroid dienone is 3. The Labute approximate surface area is 205 Å². The van der Waals surface area contributed by atoms with Crippen LogP contribution in [0.25, 0.3) is 0 Å². The number of para-hydroxylation sites is 1. The van der Waals surface area contributed by atoms with E-state index in [1.54, 1.807) is 24.3 Å². The number of carbonyl (C=O) groups is 2. The predicted octanol–water partition coefficient (Wildman–Crippen LogP) is 4.77. The lowest BCUT2D eigenvalue weighted by atomic mass is 9.70. The first kappa shape index (κ1) is 24.1. The Hall–Kier alpha value is -4.05. The minimum atomic E-state index is -0.716. The molecule has 0 saturated carbocycles. The van der Waals surface area contributed by atoms with Crippen LogP contribution >= 0.6 is 0 Å². The predicted molar refractivity (Wildman–Crippen MR) is 132 cm³/mol. The van der Waals surface area contributed by atoms with Crippen molar-refractivity contribution in [3.8, 4) is 11.8 Å². The Kier molecular flexibility index (Phi) is 6.40. The van der Waals surface area contributed by atoms with Crippen molar-refractivity contribution in [1.82, 2.24) is 0 Å². The van der Waals surface area contributed by atoms with Crippen LogP contribution in [0.1, 0.15) is 49.3 Å². The molecule has 1 unspecified atom stereocenters. The van der Waals surface area contributed by atoms with Gasteiger partial charge in [0.15, 0.2) is 12.4 Å². The number of Topliss-reactive ketones (excluding diaryl/α,β-unsaturated/α-hetero) is 1. The van der Waals surface area contributed by atoms with E-state index in [0.717, 1.165) is 11.1 Å². The summed E-state index contributed by atoms with van der Waals surface area (Å²) in [5.41, 5.74) is 9.94. The molecule has 1 aliphatic heterocycles. The fraction of sp³-hybridized carbons (Fsp3) is 0.321. The number of amides is 1. The largest absolute Gasteiger partial charge is 0.483 e. The molecule has 0 aromatic heterocycles. The minimum absolute atomic E-state index is 0.0102. The number of hydrogen-bond acceptors (Lipinski definition) is 6. The highest BCUT2D eigenvalue weighted by atomic mass is 16.5. The second kappa shape index (κ2) is 9.30. The molecule has 1 aliphatic carbocycles. The van der Waals surface area contributed by atoms with Crippen LogP contribution in [0.15, 0.2) is 65.3 Å². The smallest absolute Gasteiger partial charge is 0.262 e. The number of rotatable bonds is 5. The lowest BCUT2D eigenvalue weighted by Crippen LogP contribution is -2.33. The van der Waals surface area contributed by atoms with Gasteiger partial charge in [-0.2, -0.15) is 5.26 Å². The van der Waals surface area contributed by atoms with Crippen LogP contribution in [-0.2, 0) is 14.3 Å². The van der Waals surface area contributed by atoms with Crippen molar-refractivity contribution in [2.24, 2.45) is 11.1 Å². The van der Waals surface area contributed by atoms with E-state index in [0.29, 0.717) is 41.2 Å². The van der Waals surface area contributed by atoms with Crippen molar-refractivity contribution in [3.05, 3.63) is 81.9 Å². The summed E-state index contributed by atoms with van der Waals surface area (Å²) < 4.78 is 11.7. The minimum Gasteiger partial charge on any atom is -0.483 e. The van der Waals surface area contributed by atoms with Crippen molar-refractivity contribution < 1.29 is 19.1 Å². The van der Waals surface area contributed by atoms with E-state index in [2.05, 4.69) is 11.4 Å². The summed E-state index contributed by atoms with van der Waals surface area (Å²) in [6.45, 7) is 7.75. The zero-order valence-electron chi connectivity index (χ0n) is 20.4. The summed E-state index contributed by atoms with van der Waals surface area (Å²) in [6.07, 6.45) is 0.872. The topological polar surface area (TPSA) is 114 Å². The molecule has 0 saturated heterocycles. The van der Waals surface area contributed by atoms with Gasteiger partial charge in [0.05, 0.1) is 5.92 Å². The van der Waals surface area contributed by atoms with E-state index in [9.17, 15) is 14.9 Å². The lowest BCUT2D eigenvalue weighted by molar-refractivity contribution is -0.119. The molecule has 2 aromatic rings. The maximum atomic E-state index is 13.2. The number of nitrogens with two attached hydrogens (primary N) is 1. The summed E-state index contributed by atoms with van der Waals surface area (Å²) in [5, 5.41) is 12.7. The number of nitrogens with zero attached hydrogens (tertiary/aromatic N) is 1. The van der Waals surface area contributed by atoms with Gasteiger partial charge in [-0.1, -0.05) is 38.1 Å². The van der Waals surface area contributed by atoms with E-state index in [1.165, 1.54) is 0 Å². The SMILES string of the molecule is Cc1ccc(NC(=O)COc2ccccc2C2C(C#N)=C(N)OC3=C2C(=O)CC(C)(C)C3)cc1C. The average molecular weight is 472 g/mol. The molecule has 2 aliphatic rings. The molecule has 4 rings (SSSR count). The molecule has 35 heavy (non-hydrogen) atoms. The standard InChI is InChI=1S/C28H29N3O4/c1-16-9-10-18(11-17(16)2)31-24(33)15-34-22-8-6-5-7-19(22)25-20(14-29)27(30)35-23-13-28(3,4)12-21(32)26(23)25/h5-11,25H,12-13,15,30H2,1-4H3,(H,31,33). The van der Waals surface area contributed by atoms with Gasteiger partial charge in [-0.3, -0.25) is 9.59 Å². The van der Waals surface area contributed by atoms with E-state index < -0.39 is 5.92 Å². The third-order valence-electron chi connectivity index (χ3n) is 6.45. The van der Waals surface area contributed by atoms with Crippen LogP contribution < -0.4 is 15.8 Å². The summed E-state index contributed by atoms with van der Waals surface area (Å²) in [4.78, 5) is 25.8. The molecule has 1 amide bonds. The van der Waals surface area contributed by atoms with Gasteiger partial charge in [-0.05, 0) is 48.6 Å². The maximum absolute atomic E-state index is 13.2. The fourth-order valence-electron chi connectivity index (χ4n) is 4.61. The van der Waals surface area contributed by atoms with Gasteiger partial charge in [0.1, 0.15) is 23.2 Å². The highest BCUT2D eigenvalue weighted by molar-refractivity contribution is 6.00. The van der Waals surface area contributed by atoms with E-state index in [1.807, 2.05) is 45.9 Å². The van der Waals surface area contributed by atoms with Gasteiger partial charge < -0.3 is 20.5 Å². The first-order chi connectivity index (χ1) is 16.6. The number of ether oxygens (including phenoxy) is 2. The number of aryl methyl sites for hydroxylation is 2. The second-order valence-corrected chi connectivity index (χ2v) is 9.88. The number of hydrogen-bond donors (Lipinski definition) is 2. The summed E-state index contributed by atoms with van der Waals surface area (Å²) in [5.74, 6) is -0.227. The van der Waals surface area contributed by atoms with E-state index >= 15 is 0 Å². The molecule has 1 atom stereocenters. The van der Waals surface area contributed by atoms with Crippen LogP contribution in [0.2, 0.25) is 0 Å². The Morgan fingerprint density at radius 1 is 1.20 bits per heavy atom. The van der Waals surface area contributed by atoms with Crippen molar-refractivity contribution in [2.75, 3.05) is 11.9 Å². The van der Waals surface area contributed by atoms with Crippen molar-refractivity contribution in [3.63, 3.8) is 0 Å². The average Bonchev–Trinajstić information content (AvgIpc) is 2.78. The maximum Gasteiger partial charge on any atom is 0.262 e. The first-order valence-corrected chi connectivity index (χ1v) is 11.5. The number of carbonyl (C=O) groups excluding carboxylic acids is 2. The van der Waals surface area contributed by atoms with Gasteiger partial charge in [-0.25, -0.2) is 0 Å². The molecule has 0 bridgehead atoms. The van der Waals surface area contributed by atoms with Crippen molar-refractivity contribution in [2.45, 2.75) is 46.5 Å². The zero-order valence-corrected chi connectivity index (χ0v) is 20.4. The molecule has 7 nitrogen and oxygen atoms in total.